The van der Waals surface area contributed by atoms with Gasteiger partial charge in [0.05, 0.1) is 4.92 Å². The molecule has 110 valence electrons. The van der Waals surface area contributed by atoms with Crippen molar-refractivity contribution in [2.75, 3.05) is 0 Å². The number of hydrogen-bond acceptors (Lipinski definition) is 3. The van der Waals surface area contributed by atoms with E-state index in [1.807, 2.05) is 0 Å². The molecule has 0 spiro atoms. The third-order valence-electron chi connectivity index (χ3n) is 2.57. The molecule has 0 saturated carbocycles. The van der Waals surface area contributed by atoms with E-state index in [2.05, 4.69) is 4.74 Å². The van der Waals surface area contributed by atoms with Crippen LogP contribution in [0.4, 0.5) is 18.9 Å². The molecule has 0 amide bonds. The molecule has 0 aliphatic carbocycles. The molecule has 0 fully saturated rings. The Hall–Kier alpha value is -2.28. The lowest BCUT2D eigenvalue weighted by molar-refractivity contribution is -0.384. The number of hydrogen-bond donors (Lipinski definition) is 0. The number of nitro benzene ring substituents is 1. The summed E-state index contributed by atoms with van der Waals surface area (Å²) in [7, 11) is 0. The molecule has 0 aromatic heterocycles. The standard InChI is InChI=1S/C13H7ClF3NO3/c14-12-10(2-1-3-11(12)18(19)20)8-4-6-9(7-5-8)21-13(15,16)17/h1-7H. The molecular formula is C13H7ClF3NO3. The lowest BCUT2D eigenvalue weighted by atomic mass is 10.0. The van der Waals surface area contributed by atoms with E-state index in [1.165, 1.54) is 30.3 Å². The van der Waals surface area contributed by atoms with Gasteiger partial charge in [-0.05, 0) is 17.7 Å². The van der Waals surface area contributed by atoms with Gasteiger partial charge in [0.15, 0.2) is 0 Å². The Bertz CT molecular complexity index is 671. The third kappa shape index (κ3) is 3.63. The minimum Gasteiger partial charge on any atom is -0.406 e. The minimum atomic E-state index is -4.77. The average molecular weight is 318 g/mol. The number of benzene rings is 2. The van der Waals surface area contributed by atoms with Crippen LogP contribution in [-0.4, -0.2) is 11.3 Å². The van der Waals surface area contributed by atoms with Crippen molar-refractivity contribution in [2.45, 2.75) is 6.36 Å². The Kier molecular flexibility index (Phi) is 4.04. The van der Waals surface area contributed by atoms with Crippen molar-refractivity contribution in [1.82, 2.24) is 0 Å². The van der Waals surface area contributed by atoms with Gasteiger partial charge >= 0.3 is 6.36 Å². The molecule has 0 atom stereocenters. The van der Waals surface area contributed by atoms with Gasteiger partial charge in [0.2, 0.25) is 0 Å². The van der Waals surface area contributed by atoms with E-state index in [0.717, 1.165) is 12.1 Å². The lowest BCUT2D eigenvalue weighted by Crippen LogP contribution is -2.16. The highest BCUT2D eigenvalue weighted by Crippen LogP contribution is 2.35. The summed E-state index contributed by atoms with van der Waals surface area (Å²) in [5.41, 5.74) is 0.521. The van der Waals surface area contributed by atoms with E-state index in [4.69, 9.17) is 11.6 Å². The summed E-state index contributed by atoms with van der Waals surface area (Å²) >= 11 is 5.93. The van der Waals surface area contributed by atoms with Gasteiger partial charge in [0.1, 0.15) is 10.8 Å². The number of ether oxygens (including phenoxy) is 1. The van der Waals surface area contributed by atoms with E-state index in [9.17, 15) is 23.3 Å². The molecule has 0 bridgehead atoms. The van der Waals surface area contributed by atoms with E-state index >= 15 is 0 Å². The quantitative estimate of drug-likeness (QED) is 0.602. The smallest absolute Gasteiger partial charge is 0.406 e. The molecule has 0 aliphatic rings. The molecule has 2 rings (SSSR count). The fourth-order valence-electron chi connectivity index (χ4n) is 1.72. The molecule has 0 N–H and O–H groups in total. The van der Waals surface area contributed by atoms with Crippen LogP contribution in [0.5, 0.6) is 5.75 Å². The summed E-state index contributed by atoms with van der Waals surface area (Å²) in [6.07, 6.45) is -4.77. The second kappa shape index (κ2) is 5.61. The average Bonchev–Trinajstić information content (AvgIpc) is 2.38. The predicted molar refractivity (Wildman–Crippen MR) is 70.2 cm³/mol. The maximum Gasteiger partial charge on any atom is 0.573 e. The second-order valence-corrected chi connectivity index (χ2v) is 4.35. The summed E-state index contributed by atoms with van der Waals surface area (Å²) in [4.78, 5) is 10.2. The van der Waals surface area contributed by atoms with E-state index < -0.39 is 11.3 Å². The summed E-state index contributed by atoms with van der Waals surface area (Å²) in [5.74, 6) is -0.382. The van der Waals surface area contributed by atoms with Crippen LogP contribution >= 0.6 is 11.6 Å². The van der Waals surface area contributed by atoms with Gasteiger partial charge in [-0.3, -0.25) is 10.1 Å². The predicted octanol–water partition coefficient (Wildman–Crippen LogP) is 4.81. The first kappa shape index (κ1) is 15.1. The van der Waals surface area contributed by atoms with Crippen LogP contribution in [0.1, 0.15) is 0 Å². The number of halogens is 4. The van der Waals surface area contributed by atoms with Gasteiger partial charge in [0, 0.05) is 11.6 Å². The van der Waals surface area contributed by atoms with Crippen molar-refractivity contribution in [3.63, 3.8) is 0 Å². The van der Waals surface area contributed by atoms with E-state index in [1.54, 1.807) is 0 Å². The van der Waals surface area contributed by atoms with Crippen molar-refractivity contribution in [1.29, 1.82) is 0 Å². The first-order valence-electron chi connectivity index (χ1n) is 5.57. The highest BCUT2D eigenvalue weighted by molar-refractivity contribution is 6.35. The van der Waals surface area contributed by atoms with Crippen LogP contribution in [0.25, 0.3) is 11.1 Å². The van der Waals surface area contributed by atoms with Crippen LogP contribution in [-0.2, 0) is 0 Å². The van der Waals surface area contributed by atoms with Gasteiger partial charge < -0.3 is 4.74 Å². The van der Waals surface area contributed by atoms with Gasteiger partial charge in [-0.1, -0.05) is 35.9 Å². The molecule has 8 heteroatoms. The highest BCUT2D eigenvalue weighted by Gasteiger charge is 2.31. The van der Waals surface area contributed by atoms with Crippen molar-refractivity contribution in [3.8, 4) is 16.9 Å². The molecule has 0 aliphatic heterocycles. The molecule has 4 nitrogen and oxygen atoms in total. The fourth-order valence-corrected chi connectivity index (χ4v) is 2.02. The van der Waals surface area contributed by atoms with E-state index in [0.29, 0.717) is 11.1 Å². The van der Waals surface area contributed by atoms with Crippen LogP contribution in [0.3, 0.4) is 0 Å². The topological polar surface area (TPSA) is 52.4 Å². The molecule has 0 saturated heterocycles. The zero-order valence-corrected chi connectivity index (χ0v) is 11.0. The number of nitrogens with zero attached hydrogens (tertiary/aromatic N) is 1. The van der Waals surface area contributed by atoms with Crippen LogP contribution < -0.4 is 4.74 Å². The Morgan fingerprint density at radius 3 is 2.24 bits per heavy atom. The molecular weight excluding hydrogens is 311 g/mol. The molecule has 2 aromatic carbocycles. The van der Waals surface area contributed by atoms with E-state index in [-0.39, 0.29) is 16.5 Å². The highest BCUT2D eigenvalue weighted by atomic mass is 35.5. The summed E-state index contributed by atoms with van der Waals surface area (Å²) in [6.45, 7) is 0. The van der Waals surface area contributed by atoms with Crippen LogP contribution in [0.15, 0.2) is 42.5 Å². The second-order valence-electron chi connectivity index (χ2n) is 3.97. The first-order chi connectivity index (χ1) is 9.78. The molecule has 0 heterocycles. The van der Waals surface area contributed by atoms with Crippen molar-refractivity contribution in [3.05, 3.63) is 57.6 Å². The lowest BCUT2D eigenvalue weighted by Gasteiger charge is -2.10. The first-order valence-corrected chi connectivity index (χ1v) is 5.95. The van der Waals surface area contributed by atoms with Gasteiger partial charge in [-0.2, -0.15) is 0 Å². The number of nitro groups is 1. The Labute approximate surface area is 121 Å². The fraction of sp³-hybridized carbons (Fsp3) is 0.0769. The van der Waals surface area contributed by atoms with Crippen LogP contribution in [0, 0.1) is 10.1 Å². The Morgan fingerprint density at radius 2 is 1.71 bits per heavy atom. The zero-order chi connectivity index (χ0) is 15.6. The Morgan fingerprint density at radius 1 is 1.10 bits per heavy atom. The van der Waals surface area contributed by atoms with Gasteiger partial charge in [0.25, 0.3) is 5.69 Å². The number of alkyl halides is 3. The maximum absolute atomic E-state index is 12.1. The third-order valence-corrected chi connectivity index (χ3v) is 2.97. The molecule has 0 radical (unpaired) electrons. The monoisotopic (exact) mass is 317 g/mol. The molecule has 21 heavy (non-hydrogen) atoms. The SMILES string of the molecule is O=[N+]([O-])c1cccc(-c2ccc(OC(F)(F)F)cc2)c1Cl. The normalized spacial score (nSPS) is 11.2. The Balaban J connectivity index is 2.35. The summed E-state index contributed by atoms with van der Waals surface area (Å²) in [6, 6.07) is 9.12. The summed E-state index contributed by atoms with van der Waals surface area (Å²) < 4.78 is 39.9. The van der Waals surface area contributed by atoms with Crippen molar-refractivity contribution in [2.24, 2.45) is 0 Å². The van der Waals surface area contributed by atoms with Gasteiger partial charge in [-0.25, -0.2) is 0 Å². The largest absolute Gasteiger partial charge is 0.573 e. The van der Waals surface area contributed by atoms with Crippen molar-refractivity contribution < 1.29 is 22.8 Å². The summed E-state index contributed by atoms with van der Waals surface area (Å²) in [5, 5.41) is 10.7. The maximum atomic E-state index is 12.1. The van der Waals surface area contributed by atoms with Crippen molar-refractivity contribution >= 4 is 17.3 Å². The molecule has 0 unspecified atom stereocenters. The zero-order valence-electron chi connectivity index (χ0n) is 10.2. The molecule has 2 aromatic rings. The number of rotatable bonds is 3. The van der Waals surface area contributed by atoms with Gasteiger partial charge in [-0.15, -0.1) is 13.2 Å². The minimum absolute atomic E-state index is 0.0769. The van der Waals surface area contributed by atoms with Crippen LogP contribution in [0.2, 0.25) is 5.02 Å².